The number of hydrogen-bond acceptors (Lipinski definition) is 2. The van der Waals surface area contributed by atoms with E-state index in [1.54, 1.807) is 0 Å². The molecule has 1 fully saturated rings. The molecule has 3 nitrogen and oxygen atoms in total. The van der Waals surface area contributed by atoms with Crippen LogP contribution in [-0.4, -0.2) is 16.1 Å². The second-order valence-electron chi connectivity index (χ2n) is 5.09. The normalized spacial score (nSPS) is 25.1. The Bertz CT molecular complexity index is 319. The van der Waals surface area contributed by atoms with Gasteiger partial charge in [0.15, 0.2) is 0 Å². The van der Waals surface area contributed by atoms with Gasteiger partial charge in [-0.3, -0.25) is 0 Å². The van der Waals surface area contributed by atoms with Gasteiger partial charge in [-0.15, -0.1) is 0 Å². The highest BCUT2D eigenvalue weighted by atomic mass is 15.1. The summed E-state index contributed by atoms with van der Waals surface area (Å²) in [6.07, 6.45) is 8.10. The molecule has 0 amide bonds. The maximum atomic E-state index is 4.18. The molecule has 2 unspecified atom stereocenters. The van der Waals surface area contributed by atoms with Gasteiger partial charge < -0.3 is 9.88 Å². The minimum Gasteiger partial charge on any atom is -0.334 e. The Labute approximate surface area is 98.3 Å². The molecule has 3 heteroatoms. The van der Waals surface area contributed by atoms with Crippen LogP contribution in [-0.2, 0) is 13.1 Å². The van der Waals surface area contributed by atoms with Crippen molar-refractivity contribution in [2.24, 2.45) is 11.8 Å². The zero-order chi connectivity index (χ0) is 11.4. The summed E-state index contributed by atoms with van der Waals surface area (Å²) >= 11 is 0. The summed E-state index contributed by atoms with van der Waals surface area (Å²) in [6.45, 7) is 7.66. The molecular weight excluding hydrogens is 198 g/mol. The van der Waals surface area contributed by atoms with Gasteiger partial charge in [-0.1, -0.05) is 13.3 Å². The monoisotopic (exact) mass is 221 g/mol. The predicted molar refractivity (Wildman–Crippen MR) is 66.1 cm³/mol. The summed E-state index contributed by atoms with van der Waals surface area (Å²) in [7, 11) is 0. The summed E-state index contributed by atoms with van der Waals surface area (Å²) in [5.41, 5.74) is 1.30. The zero-order valence-electron chi connectivity index (χ0n) is 10.4. The van der Waals surface area contributed by atoms with E-state index in [0.717, 1.165) is 24.9 Å². The lowest BCUT2D eigenvalue weighted by Gasteiger charge is -2.11. The second kappa shape index (κ2) is 5.48. The van der Waals surface area contributed by atoms with Crippen molar-refractivity contribution in [2.75, 3.05) is 6.54 Å². The van der Waals surface area contributed by atoms with Crippen molar-refractivity contribution in [1.29, 1.82) is 0 Å². The van der Waals surface area contributed by atoms with Crippen LogP contribution in [0.2, 0.25) is 0 Å². The summed E-state index contributed by atoms with van der Waals surface area (Å²) in [6, 6.07) is 0. The fraction of sp³-hybridized carbons (Fsp3) is 0.769. The molecule has 1 heterocycles. The van der Waals surface area contributed by atoms with Gasteiger partial charge in [0.1, 0.15) is 0 Å². The number of nitrogens with one attached hydrogen (secondary N) is 1. The molecule has 1 saturated carbocycles. The molecule has 0 bridgehead atoms. The lowest BCUT2D eigenvalue weighted by Crippen LogP contribution is -2.22. The minimum atomic E-state index is 0.896. The van der Waals surface area contributed by atoms with Crippen LogP contribution in [0.5, 0.6) is 0 Å². The summed E-state index contributed by atoms with van der Waals surface area (Å²) < 4.78 is 2.20. The van der Waals surface area contributed by atoms with Gasteiger partial charge in [0, 0.05) is 19.3 Å². The average Bonchev–Trinajstić information content (AvgIpc) is 2.87. The SMILES string of the molecule is CCn1cncc1CNCC1CCC(C)C1. The Morgan fingerprint density at radius 1 is 1.50 bits per heavy atom. The van der Waals surface area contributed by atoms with Crippen LogP contribution in [0, 0.1) is 11.8 Å². The molecule has 90 valence electrons. The predicted octanol–water partition coefficient (Wildman–Crippen LogP) is 2.43. The minimum absolute atomic E-state index is 0.896. The Balaban J connectivity index is 1.72. The summed E-state index contributed by atoms with van der Waals surface area (Å²) in [4.78, 5) is 4.18. The first-order chi connectivity index (χ1) is 7.79. The molecule has 2 atom stereocenters. The smallest absolute Gasteiger partial charge is 0.0948 e. The van der Waals surface area contributed by atoms with Crippen LogP contribution in [0.1, 0.15) is 38.8 Å². The summed E-state index contributed by atoms with van der Waals surface area (Å²) in [5.74, 6) is 1.83. The van der Waals surface area contributed by atoms with Crippen molar-refractivity contribution in [1.82, 2.24) is 14.9 Å². The van der Waals surface area contributed by atoms with Crippen molar-refractivity contribution in [3.05, 3.63) is 18.2 Å². The number of hydrogen-bond donors (Lipinski definition) is 1. The fourth-order valence-corrected chi connectivity index (χ4v) is 2.69. The Hall–Kier alpha value is -0.830. The van der Waals surface area contributed by atoms with Gasteiger partial charge in [-0.25, -0.2) is 4.98 Å². The van der Waals surface area contributed by atoms with Crippen LogP contribution < -0.4 is 5.32 Å². The van der Waals surface area contributed by atoms with Gasteiger partial charge in [0.25, 0.3) is 0 Å². The fourth-order valence-electron chi connectivity index (χ4n) is 2.69. The van der Waals surface area contributed by atoms with E-state index in [-0.39, 0.29) is 0 Å². The first-order valence-electron chi connectivity index (χ1n) is 6.49. The Morgan fingerprint density at radius 2 is 2.38 bits per heavy atom. The van der Waals surface area contributed by atoms with Gasteiger partial charge >= 0.3 is 0 Å². The zero-order valence-corrected chi connectivity index (χ0v) is 10.4. The third-order valence-corrected chi connectivity index (χ3v) is 3.68. The molecule has 0 aliphatic heterocycles. The molecule has 1 aliphatic rings. The molecule has 1 aliphatic carbocycles. The van der Waals surface area contributed by atoms with E-state index in [1.807, 2.05) is 12.5 Å². The molecule has 1 aromatic heterocycles. The maximum Gasteiger partial charge on any atom is 0.0948 e. The maximum absolute atomic E-state index is 4.18. The van der Waals surface area contributed by atoms with Crippen molar-refractivity contribution in [2.45, 2.75) is 46.2 Å². The van der Waals surface area contributed by atoms with E-state index in [2.05, 4.69) is 28.7 Å². The lowest BCUT2D eigenvalue weighted by molar-refractivity contribution is 0.465. The van der Waals surface area contributed by atoms with E-state index < -0.39 is 0 Å². The van der Waals surface area contributed by atoms with E-state index in [9.17, 15) is 0 Å². The lowest BCUT2D eigenvalue weighted by atomic mass is 10.1. The second-order valence-corrected chi connectivity index (χ2v) is 5.09. The molecule has 0 radical (unpaired) electrons. The first-order valence-corrected chi connectivity index (χ1v) is 6.49. The van der Waals surface area contributed by atoms with Crippen molar-refractivity contribution in [3.63, 3.8) is 0 Å². The van der Waals surface area contributed by atoms with Crippen LogP contribution >= 0.6 is 0 Å². The van der Waals surface area contributed by atoms with Crippen LogP contribution in [0.4, 0.5) is 0 Å². The highest BCUT2D eigenvalue weighted by Crippen LogP contribution is 2.29. The molecule has 2 rings (SSSR count). The highest BCUT2D eigenvalue weighted by Gasteiger charge is 2.20. The number of aromatic nitrogens is 2. The van der Waals surface area contributed by atoms with Crippen LogP contribution in [0.3, 0.4) is 0 Å². The molecule has 0 aromatic carbocycles. The third kappa shape index (κ3) is 2.85. The Kier molecular flexibility index (Phi) is 3.99. The van der Waals surface area contributed by atoms with Crippen LogP contribution in [0.25, 0.3) is 0 Å². The molecular formula is C13H23N3. The standard InChI is InChI=1S/C13H23N3/c1-3-16-10-15-9-13(16)8-14-7-12-5-4-11(2)6-12/h9-12,14H,3-8H2,1-2H3. The summed E-state index contributed by atoms with van der Waals surface area (Å²) in [5, 5.41) is 3.56. The molecule has 1 aromatic rings. The van der Waals surface area contributed by atoms with E-state index in [1.165, 1.54) is 31.5 Å². The molecule has 16 heavy (non-hydrogen) atoms. The van der Waals surface area contributed by atoms with Gasteiger partial charge in [-0.05, 0) is 38.1 Å². The molecule has 1 N–H and O–H groups in total. The topological polar surface area (TPSA) is 29.9 Å². The van der Waals surface area contributed by atoms with E-state index in [4.69, 9.17) is 0 Å². The van der Waals surface area contributed by atoms with E-state index >= 15 is 0 Å². The number of imidazole rings is 1. The van der Waals surface area contributed by atoms with Crippen molar-refractivity contribution >= 4 is 0 Å². The highest BCUT2D eigenvalue weighted by molar-refractivity contribution is 4.97. The number of aryl methyl sites for hydroxylation is 1. The Morgan fingerprint density at radius 3 is 3.06 bits per heavy atom. The van der Waals surface area contributed by atoms with Crippen molar-refractivity contribution < 1.29 is 0 Å². The molecule has 0 spiro atoms. The van der Waals surface area contributed by atoms with Gasteiger partial charge in [0.05, 0.1) is 12.0 Å². The third-order valence-electron chi connectivity index (χ3n) is 3.68. The quantitative estimate of drug-likeness (QED) is 0.827. The number of nitrogens with zero attached hydrogens (tertiary/aromatic N) is 2. The van der Waals surface area contributed by atoms with Gasteiger partial charge in [-0.2, -0.15) is 0 Å². The first kappa shape index (κ1) is 11.6. The van der Waals surface area contributed by atoms with Gasteiger partial charge in [0.2, 0.25) is 0 Å². The number of rotatable bonds is 5. The van der Waals surface area contributed by atoms with Crippen LogP contribution in [0.15, 0.2) is 12.5 Å². The average molecular weight is 221 g/mol. The van der Waals surface area contributed by atoms with E-state index in [0.29, 0.717) is 0 Å². The molecule has 0 saturated heterocycles. The van der Waals surface area contributed by atoms with Crippen molar-refractivity contribution in [3.8, 4) is 0 Å². The largest absolute Gasteiger partial charge is 0.334 e.